The van der Waals surface area contributed by atoms with Crippen molar-refractivity contribution in [1.82, 2.24) is 15.4 Å². The lowest BCUT2D eigenvalue weighted by molar-refractivity contribution is 0.0572. The second kappa shape index (κ2) is 4.23. The third-order valence-electron chi connectivity index (χ3n) is 2.82. The molecule has 2 heterocycles. The fourth-order valence-electron chi connectivity index (χ4n) is 1.84. The summed E-state index contributed by atoms with van der Waals surface area (Å²) in [7, 11) is 1.66. The zero-order chi connectivity index (χ0) is 11.7. The molecular weight excluding hydrogens is 210 g/mol. The number of rotatable bonds is 2. The third-order valence-corrected chi connectivity index (χ3v) is 2.82. The minimum atomic E-state index is -0.526. The smallest absolute Gasteiger partial charge is 0.276 e. The van der Waals surface area contributed by atoms with Crippen LogP contribution in [0.1, 0.15) is 16.2 Å². The SMILES string of the molecule is Cc1cc(C(=O)N(C)[C@@H]2CNC[C@H]2O)no1. The van der Waals surface area contributed by atoms with Gasteiger partial charge in [0.05, 0.1) is 12.1 Å². The Balaban J connectivity index is 2.10. The number of β-amino-alcohol motifs (C(OH)–C–C–N with tert-alkyl or cyclic N) is 1. The lowest BCUT2D eigenvalue weighted by Crippen LogP contribution is -2.44. The van der Waals surface area contributed by atoms with Crippen molar-refractivity contribution in [3.63, 3.8) is 0 Å². The summed E-state index contributed by atoms with van der Waals surface area (Å²) in [6.07, 6.45) is -0.526. The van der Waals surface area contributed by atoms with Crippen LogP contribution >= 0.6 is 0 Å². The van der Waals surface area contributed by atoms with Crippen molar-refractivity contribution >= 4 is 5.91 Å². The summed E-state index contributed by atoms with van der Waals surface area (Å²) < 4.78 is 4.85. The molecule has 1 fully saturated rings. The number of hydrogen-bond donors (Lipinski definition) is 2. The molecule has 0 bridgehead atoms. The van der Waals surface area contributed by atoms with Crippen LogP contribution in [0.2, 0.25) is 0 Å². The molecule has 6 nitrogen and oxygen atoms in total. The van der Waals surface area contributed by atoms with Crippen molar-refractivity contribution in [2.24, 2.45) is 0 Å². The number of carbonyl (C=O) groups is 1. The maximum Gasteiger partial charge on any atom is 0.276 e. The summed E-state index contributed by atoms with van der Waals surface area (Å²) in [6.45, 7) is 2.84. The average Bonchev–Trinajstić information content (AvgIpc) is 2.85. The number of aliphatic hydroxyl groups is 1. The van der Waals surface area contributed by atoms with Crippen molar-refractivity contribution < 1.29 is 14.4 Å². The quantitative estimate of drug-likeness (QED) is 0.702. The molecule has 0 aromatic carbocycles. The summed E-state index contributed by atoms with van der Waals surface area (Å²) >= 11 is 0. The van der Waals surface area contributed by atoms with E-state index in [2.05, 4.69) is 10.5 Å². The molecule has 1 aromatic rings. The topological polar surface area (TPSA) is 78.6 Å². The number of hydrogen-bond acceptors (Lipinski definition) is 5. The lowest BCUT2D eigenvalue weighted by Gasteiger charge is -2.25. The Morgan fingerprint density at radius 3 is 2.94 bits per heavy atom. The minimum absolute atomic E-state index is 0.204. The molecule has 0 radical (unpaired) electrons. The first-order valence-corrected chi connectivity index (χ1v) is 5.19. The minimum Gasteiger partial charge on any atom is -0.390 e. The second-order valence-electron chi connectivity index (χ2n) is 4.03. The first-order chi connectivity index (χ1) is 7.59. The summed E-state index contributed by atoms with van der Waals surface area (Å²) in [4.78, 5) is 13.5. The number of likely N-dealkylation sites (N-methyl/N-ethyl adjacent to an activating group) is 1. The summed E-state index contributed by atoms with van der Waals surface area (Å²) in [5.74, 6) is 0.367. The summed E-state index contributed by atoms with van der Waals surface area (Å²) in [5, 5.41) is 16.4. The largest absolute Gasteiger partial charge is 0.390 e. The second-order valence-corrected chi connectivity index (χ2v) is 4.03. The zero-order valence-electron chi connectivity index (χ0n) is 9.30. The Labute approximate surface area is 93.2 Å². The van der Waals surface area contributed by atoms with Gasteiger partial charge in [0.25, 0.3) is 5.91 Å². The number of aryl methyl sites for hydroxylation is 1. The average molecular weight is 225 g/mol. The molecule has 1 saturated heterocycles. The molecule has 2 N–H and O–H groups in total. The van der Waals surface area contributed by atoms with Crippen LogP contribution in [0.25, 0.3) is 0 Å². The van der Waals surface area contributed by atoms with Gasteiger partial charge in [0.1, 0.15) is 5.76 Å². The van der Waals surface area contributed by atoms with Crippen LogP contribution in [-0.2, 0) is 0 Å². The Morgan fingerprint density at radius 2 is 2.44 bits per heavy atom. The van der Waals surface area contributed by atoms with E-state index >= 15 is 0 Å². The summed E-state index contributed by atoms with van der Waals surface area (Å²) in [5.41, 5.74) is 0.277. The van der Waals surface area contributed by atoms with E-state index in [1.807, 2.05) is 0 Å². The van der Waals surface area contributed by atoms with E-state index in [0.29, 0.717) is 18.8 Å². The Hall–Kier alpha value is -1.40. The van der Waals surface area contributed by atoms with Crippen LogP contribution in [0.15, 0.2) is 10.6 Å². The molecule has 88 valence electrons. The van der Waals surface area contributed by atoms with Crippen LogP contribution in [-0.4, -0.2) is 53.4 Å². The molecule has 0 aliphatic carbocycles. The predicted molar refractivity (Wildman–Crippen MR) is 56.0 cm³/mol. The van der Waals surface area contributed by atoms with E-state index in [1.54, 1.807) is 20.0 Å². The van der Waals surface area contributed by atoms with Crippen LogP contribution in [0.5, 0.6) is 0 Å². The highest BCUT2D eigenvalue weighted by Crippen LogP contribution is 2.12. The van der Waals surface area contributed by atoms with Crippen LogP contribution in [0.3, 0.4) is 0 Å². The van der Waals surface area contributed by atoms with E-state index in [-0.39, 0.29) is 17.6 Å². The first-order valence-electron chi connectivity index (χ1n) is 5.19. The molecule has 1 aliphatic heterocycles. The van der Waals surface area contributed by atoms with Gasteiger partial charge >= 0.3 is 0 Å². The van der Waals surface area contributed by atoms with Gasteiger partial charge < -0.3 is 19.8 Å². The number of aliphatic hydroxyl groups excluding tert-OH is 1. The standard InChI is InChI=1S/C10H15N3O3/c1-6-3-7(12-16-6)10(15)13(2)8-4-11-5-9(8)14/h3,8-9,11,14H,4-5H2,1-2H3/t8-,9-/m1/s1. The van der Waals surface area contributed by atoms with E-state index < -0.39 is 6.10 Å². The molecule has 1 aliphatic rings. The van der Waals surface area contributed by atoms with E-state index in [4.69, 9.17) is 4.52 Å². The number of nitrogens with zero attached hydrogens (tertiary/aromatic N) is 2. The van der Waals surface area contributed by atoms with Gasteiger partial charge in [0.2, 0.25) is 0 Å². The number of aromatic nitrogens is 1. The maximum atomic E-state index is 12.0. The van der Waals surface area contributed by atoms with Crippen molar-refractivity contribution in [3.05, 3.63) is 17.5 Å². The fraction of sp³-hybridized carbons (Fsp3) is 0.600. The highest BCUT2D eigenvalue weighted by molar-refractivity contribution is 5.92. The number of carbonyl (C=O) groups excluding carboxylic acids is 1. The van der Waals surface area contributed by atoms with E-state index in [1.165, 1.54) is 4.90 Å². The first kappa shape index (κ1) is 11.1. The van der Waals surface area contributed by atoms with Crippen LogP contribution in [0, 0.1) is 6.92 Å². The van der Waals surface area contributed by atoms with Gasteiger partial charge in [-0.3, -0.25) is 4.79 Å². The Bertz CT molecular complexity index is 390. The van der Waals surface area contributed by atoms with Gasteiger partial charge in [-0.05, 0) is 6.92 Å². The molecule has 1 aromatic heterocycles. The monoisotopic (exact) mass is 225 g/mol. The fourth-order valence-corrected chi connectivity index (χ4v) is 1.84. The van der Waals surface area contributed by atoms with Gasteiger partial charge in [-0.25, -0.2) is 0 Å². The van der Waals surface area contributed by atoms with Crippen molar-refractivity contribution in [2.45, 2.75) is 19.1 Å². The third kappa shape index (κ3) is 1.94. The van der Waals surface area contributed by atoms with Crippen molar-refractivity contribution in [2.75, 3.05) is 20.1 Å². The molecule has 0 spiro atoms. The maximum absolute atomic E-state index is 12.0. The molecule has 2 rings (SSSR count). The zero-order valence-corrected chi connectivity index (χ0v) is 9.30. The highest BCUT2D eigenvalue weighted by Gasteiger charge is 2.32. The lowest BCUT2D eigenvalue weighted by atomic mass is 10.2. The van der Waals surface area contributed by atoms with Crippen molar-refractivity contribution in [1.29, 1.82) is 0 Å². The van der Waals surface area contributed by atoms with Gasteiger partial charge in [-0.1, -0.05) is 5.16 Å². The molecule has 2 atom stereocenters. The molecule has 0 saturated carbocycles. The van der Waals surface area contributed by atoms with Gasteiger partial charge in [0.15, 0.2) is 5.69 Å². The van der Waals surface area contributed by atoms with Crippen molar-refractivity contribution in [3.8, 4) is 0 Å². The van der Waals surface area contributed by atoms with Gasteiger partial charge in [0, 0.05) is 26.2 Å². The molecule has 16 heavy (non-hydrogen) atoms. The van der Waals surface area contributed by atoms with Crippen LogP contribution in [0.4, 0.5) is 0 Å². The molecule has 0 unspecified atom stereocenters. The summed E-state index contributed by atoms with van der Waals surface area (Å²) in [6, 6.07) is 1.39. The molecule has 1 amide bonds. The van der Waals surface area contributed by atoms with Gasteiger partial charge in [-0.2, -0.15) is 0 Å². The predicted octanol–water partition coefficient (Wildman–Crippen LogP) is -0.612. The Kier molecular flexibility index (Phi) is 2.93. The normalized spacial score (nSPS) is 24.7. The van der Waals surface area contributed by atoms with E-state index in [0.717, 1.165) is 0 Å². The van der Waals surface area contributed by atoms with Gasteiger partial charge in [-0.15, -0.1) is 0 Å². The highest BCUT2D eigenvalue weighted by atomic mass is 16.5. The Morgan fingerprint density at radius 1 is 1.69 bits per heavy atom. The van der Waals surface area contributed by atoms with Crippen LogP contribution < -0.4 is 5.32 Å². The molecule has 6 heteroatoms. The van der Waals surface area contributed by atoms with E-state index in [9.17, 15) is 9.90 Å². The number of amides is 1. The number of nitrogens with one attached hydrogen (secondary N) is 1. The molecular formula is C10H15N3O3.